The van der Waals surface area contributed by atoms with Gasteiger partial charge in [0.15, 0.2) is 0 Å². The molecule has 0 aromatic carbocycles. The largest absolute Gasteiger partial charge is 0.460 e. The highest BCUT2D eigenvalue weighted by Gasteiger charge is 2.92. The number of alkyl halides is 13. The molecule has 0 aliphatic heterocycles. The van der Waals surface area contributed by atoms with Crippen LogP contribution < -0.4 is 10.0 Å². The van der Waals surface area contributed by atoms with Gasteiger partial charge in [0, 0.05) is 13.1 Å². The normalized spacial score (nSPS) is 15.7. The van der Waals surface area contributed by atoms with Gasteiger partial charge in [0.05, 0.1) is 5.75 Å². The molecule has 0 rings (SSSR count). The zero-order chi connectivity index (χ0) is 26.9. The van der Waals surface area contributed by atoms with Crippen LogP contribution >= 0.6 is 0 Å². The molecule has 0 amide bonds. The number of hydrogen-bond acceptors (Lipinski definition) is 5. The molecule has 0 saturated heterocycles. The molecule has 0 bridgehead atoms. The highest BCUT2D eigenvalue weighted by atomic mass is 32.2. The first kappa shape index (κ1) is 31.9. The Balaban J connectivity index is 5.61. The number of nitrogens with one attached hydrogen (secondary N) is 2. The first-order chi connectivity index (χ1) is 14.2. The summed E-state index contributed by atoms with van der Waals surface area (Å²) in [6, 6.07) is 0. The second-order valence-corrected chi connectivity index (χ2v) is 9.48. The van der Waals surface area contributed by atoms with E-state index in [4.69, 9.17) is 4.55 Å². The van der Waals surface area contributed by atoms with Gasteiger partial charge in [-0.25, -0.2) is 13.1 Å². The van der Waals surface area contributed by atoms with E-state index in [2.05, 4.69) is 5.32 Å². The number of rotatable bonds is 13. The van der Waals surface area contributed by atoms with Gasteiger partial charge in [-0.05, 0) is 13.0 Å². The highest BCUT2D eigenvalue weighted by Crippen LogP contribution is 2.60. The molecule has 0 aliphatic carbocycles. The summed E-state index contributed by atoms with van der Waals surface area (Å²) >= 11 is 0. The summed E-state index contributed by atoms with van der Waals surface area (Å²) in [5.41, 5.74) is 0. The van der Waals surface area contributed by atoms with Crippen molar-refractivity contribution in [2.45, 2.75) is 41.5 Å². The summed E-state index contributed by atoms with van der Waals surface area (Å²) in [6.07, 6.45) is -8.30. The monoisotopic (exact) mass is 564 g/mol. The standard InChI is InChI=1S/C11H13F13N2O5S2/c12-6(13,8(16,17)10(20,21)22)7(14,15)9(18,19)11(23,24)33(30,31)26-3-1-2-25-4-5-32(27,28)29/h25-26H,1-5H2,(H,27,28,29). The molecule has 0 aromatic heterocycles. The van der Waals surface area contributed by atoms with Crippen LogP contribution in [0.4, 0.5) is 57.1 Å². The Morgan fingerprint density at radius 3 is 1.42 bits per heavy atom. The van der Waals surface area contributed by atoms with E-state index in [1.54, 1.807) is 0 Å². The van der Waals surface area contributed by atoms with E-state index >= 15 is 0 Å². The second-order valence-electron chi connectivity index (χ2n) is 6.10. The van der Waals surface area contributed by atoms with Crippen molar-refractivity contribution in [3.05, 3.63) is 0 Å². The van der Waals surface area contributed by atoms with Crippen LogP contribution in [0, 0.1) is 0 Å². The average Bonchev–Trinajstić information content (AvgIpc) is 2.57. The minimum atomic E-state index is -8.24. The molecule has 33 heavy (non-hydrogen) atoms. The van der Waals surface area contributed by atoms with Gasteiger partial charge in [0.25, 0.3) is 20.1 Å². The lowest BCUT2D eigenvalue weighted by molar-refractivity contribution is -0.433. The lowest BCUT2D eigenvalue weighted by Gasteiger charge is -2.39. The Bertz CT molecular complexity index is 887. The molecule has 0 fully saturated rings. The van der Waals surface area contributed by atoms with Crippen LogP contribution in [0.5, 0.6) is 0 Å². The minimum absolute atomic E-state index is 0.480. The molecular formula is C11H13F13N2O5S2. The predicted molar refractivity (Wildman–Crippen MR) is 81.6 cm³/mol. The van der Waals surface area contributed by atoms with Crippen molar-refractivity contribution in [3.63, 3.8) is 0 Å². The lowest BCUT2D eigenvalue weighted by Crippen LogP contribution is -2.71. The SMILES string of the molecule is O=S(=O)(O)CCNCCCNS(=O)(=O)C(F)(F)C(F)(F)C(F)(F)C(F)(F)C(F)(F)C(F)(F)F. The van der Waals surface area contributed by atoms with Gasteiger partial charge in [0.1, 0.15) is 0 Å². The van der Waals surface area contributed by atoms with Gasteiger partial charge in [0.2, 0.25) is 0 Å². The van der Waals surface area contributed by atoms with Crippen LogP contribution in [-0.2, 0) is 20.1 Å². The topological polar surface area (TPSA) is 113 Å². The van der Waals surface area contributed by atoms with E-state index in [9.17, 15) is 73.9 Å². The maximum Gasteiger partial charge on any atom is 0.460 e. The zero-order valence-electron chi connectivity index (χ0n) is 15.3. The Morgan fingerprint density at radius 1 is 0.606 bits per heavy atom. The van der Waals surface area contributed by atoms with Crippen LogP contribution in [0.1, 0.15) is 6.42 Å². The molecule has 0 atom stereocenters. The van der Waals surface area contributed by atoms with Gasteiger partial charge in [-0.15, -0.1) is 0 Å². The van der Waals surface area contributed by atoms with E-state index in [1.165, 1.54) is 0 Å². The van der Waals surface area contributed by atoms with Crippen LogP contribution in [0.3, 0.4) is 0 Å². The predicted octanol–water partition coefficient (Wildman–Crippen LogP) is 2.47. The Kier molecular flexibility index (Phi) is 9.17. The molecule has 0 heterocycles. The van der Waals surface area contributed by atoms with Crippen molar-refractivity contribution in [2.24, 2.45) is 0 Å². The smallest absolute Gasteiger partial charge is 0.316 e. The molecule has 3 N–H and O–H groups in total. The third-order valence-electron chi connectivity index (χ3n) is 3.60. The Hall–Kier alpha value is -1.13. The molecule has 0 aromatic rings. The van der Waals surface area contributed by atoms with Gasteiger partial charge in [-0.2, -0.15) is 65.5 Å². The van der Waals surface area contributed by atoms with Crippen molar-refractivity contribution in [1.29, 1.82) is 0 Å². The zero-order valence-corrected chi connectivity index (χ0v) is 17.0. The van der Waals surface area contributed by atoms with Crippen molar-refractivity contribution in [3.8, 4) is 0 Å². The lowest BCUT2D eigenvalue weighted by atomic mass is 9.98. The summed E-state index contributed by atoms with van der Waals surface area (Å²) in [7, 11) is -11.5. The van der Waals surface area contributed by atoms with Gasteiger partial charge in [-0.3, -0.25) is 4.55 Å². The van der Waals surface area contributed by atoms with E-state index in [0.717, 1.165) is 0 Å². The molecule has 0 spiro atoms. The quantitative estimate of drug-likeness (QED) is 0.180. The first-order valence-electron chi connectivity index (χ1n) is 7.81. The van der Waals surface area contributed by atoms with E-state index in [-0.39, 0.29) is 0 Å². The van der Waals surface area contributed by atoms with Crippen LogP contribution in [0.15, 0.2) is 0 Å². The number of halogens is 13. The van der Waals surface area contributed by atoms with Crippen molar-refractivity contribution >= 4 is 20.1 Å². The highest BCUT2D eigenvalue weighted by molar-refractivity contribution is 7.90. The summed E-state index contributed by atoms with van der Waals surface area (Å²) in [4.78, 5) is 0. The summed E-state index contributed by atoms with van der Waals surface area (Å²) in [6.45, 7) is -2.30. The molecule has 0 radical (unpaired) electrons. The first-order valence-corrected chi connectivity index (χ1v) is 10.9. The Morgan fingerprint density at radius 2 is 1.03 bits per heavy atom. The number of hydrogen-bond donors (Lipinski definition) is 3. The van der Waals surface area contributed by atoms with Gasteiger partial charge >= 0.3 is 35.1 Å². The number of sulfonamides is 1. The van der Waals surface area contributed by atoms with Gasteiger partial charge < -0.3 is 5.32 Å². The van der Waals surface area contributed by atoms with E-state index in [1.807, 2.05) is 0 Å². The second kappa shape index (κ2) is 9.49. The fourth-order valence-corrected chi connectivity index (χ4v) is 3.22. The molecular weight excluding hydrogens is 551 g/mol. The van der Waals surface area contributed by atoms with Crippen LogP contribution in [0.25, 0.3) is 0 Å². The maximum atomic E-state index is 13.6. The minimum Gasteiger partial charge on any atom is -0.316 e. The average molecular weight is 564 g/mol. The van der Waals surface area contributed by atoms with Crippen molar-refractivity contribution in [1.82, 2.24) is 10.0 Å². The fraction of sp³-hybridized carbons (Fsp3) is 1.00. The maximum absolute atomic E-state index is 13.6. The summed E-state index contributed by atoms with van der Waals surface area (Å²) in [5, 5.41) is -5.17. The molecule has 7 nitrogen and oxygen atoms in total. The van der Waals surface area contributed by atoms with Gasteiger partial charge in [-0.1, -0.05) is 0 Å². The fourth-order valence-electron chi connectivity index (χ4n) is 1.76. The Labute approximate surface area is 176 Å². The van der Waals surface area contributed by atoms with Crippen molar-refractivity contribution in [2.75, 3.05) is 25.4 Å². The third-order valence-corrected chi connectivity index (χ3v) is 5.84. The molecule has 0 saturated carbocycles. The summed E-state index contributed by atoms with van der Waals surface area (Å²) < 4.78 is 220. The molecule has 0 unspecified atom stereocenters. The molecule has 22 heteroatoms. The third kappa shape index (κ3) is 6.11. The molecule has 200 valence electrons. The summed E-state index contributed by atoms with van der Waals surface area (Å²) in [5.74, 6) is -33.3. The molecule has 0 aliphatic rings. The van der Waals surface area contributed by atoms with Crippen molar-refractivity contribution < 1.29 is 78.5 Å². The van der Waals surface area contributed by atoms with E-state index < -0.39 is 87.1 Å². The van der Waals surface area contributed by atoms with E-state index in [0.29, 0.717) is 4.72 Å². The van der Waals surface area contributed by atoms with Crippen LogP contribution in [-0.4, -0.2) is 81.9 Å². The van der Waals surface area contributed by atoms with Crippen LogP contribution in [0.2, 0.25) is 0 Å².